The van der Waals surface area contributed by atoms with E-state index >= 15 is 0 Å². The average molecular weight is 860 g/mol. The molecule has 0 aliphatic heterocycles. The third-order valence-corrected chi connectivity index (χ3v) is 10.0. The van der Waals surface area contributed by atoms with Crippen molar-refractivity contribution in [3.8, 4) is 11.5 Å². The van der Waals surface area contributed by atoms with Gasteiger partial charge in [0.2, 0.25) is 0 Å². The van der Waals surface area contributed by atoms with E-state index < -0.39 is 12.2 Å². The fourth-order valence-electron chi connectivity index (χ4n) is 6.28. The van der Waals surface area contributed by atoms with Crippen LogP contribution in [0.5, 0.6) is 11.5 Å². The Morgan fingerprint density at radius 2 is 0.774 bits per heavy atom. The van der Waals surface area contributed by atoms with Crippen LogP contribution in [0.3, 0.4) is 0 Å². The van der Waals surface area contributed by atoms with Gasteiger partial charge < -0.3 is 52.6 Å². The quantitative estimate of drug-likeness (QED) is 0.0437. The highest BCUT2D eigenvalue weighted by Gasteiger charge is 2.19. The number of carbonyl (C=O) groups excluding carboxylic acids is 2. The van der Waals surface area contributed by atoms with Gasteiger partial charge in [-0.25, -0.2) is 9.59 Å². The molecule has 2 amide bonds. The lowest BCUT2D eigenvalue weighted by Crippen LogP contribution is -2.32. The van der Waals surface area contributed by atoms with Crippen molar-refractivity contribution >= 4 is 23.6 Å². The maximum Gasteiger partial charge on any atom is 0.412 e. The summed E-state index contributed by atoms with van der Waals surface area (Å²) in [6, 6.07) is 31.4. The number of hydrogen-bond donors (Lipinski definition) is 0. The molecule has 62 heavy (non-hydrogen) atoms. The summed E-state index contributed by atoms with van der Waals surface area (Å²) in [5, 5.41) is 0. The molecular formula is C47H65N5O10. The molecular weight excluding hydrogens is 795 g/mol. The molecule has 15 nitrogen and oxygen atoms in total. The highest BCUT2D eigenvalue weighted by molar-refractivity contribution is 5.68. The van der Waals surface area contributed by atoms with Crippen LogP contribution in [0.15, 0.2) is 97.1 Å². The van der Waals surface area contributed by atoms with Gasteiger partial charge in [0.25, 0.3) is 0 Å². The summed E-state index contributed by atoms with van der Waals surface area (Å²) in [6.07, 6.45) is 0.450. The molecule has 0 atom stereocenters. The van der Waals surface area contributed by atoms with Gasteiger partial charge in [-0.3, -0.25) is 9.80 Å². The maximum absolute atomic E-state index is 13.2. The molecule has 0 aromatic heterocycles. The molecule has 338 valence electrons. The van der Waals surface area contributed by atoms with E-state index in [0.717, 1.165) is 58.0 Å². The molecule has 4 aromatic carbocycles. The molecule has 0 aliphatic carbocycles. The van der Waals surface area contributed by atoms with Gasteiger partial charge in [-0.1, -0.05) is 48.5 Å². The number of rotatable bonds is 27. The predicted octanol–water partition coefficient (Wildman–Crippen LogP) is 7.42. The van der Waals surface area contributed by atoms with Crippen molar-refractivity contribution in [2.24, 2.45) is 0 Å². The van der Waals surface area contributed by atoms with Gasteiger partial charge in [0, 0.05) is 71.8 Å². The first kappa shape index (κ1) is 49.1. The minimum absolute atomic E-state index is 0.0266. The summed E-state index contributed by atoms with van der Waals surface area (Å²) in [4.78, 5) is 35.8. The monoisotopic (exact) mass is 859 g/mol. The first-order valence-corrected chi connectivity index (χ1v) is 20.5. The molecule has 0 spiro atoms. The van der Waals surface area contributed by atoms with Gasteiger partial charge in [-0.05, 0) is 97.7 Å². The first-order chi connectivity index (χ1) is 29.9. The Bertz CT molecular complexity index is 1730. The highest BCUT2D eigenvalue weighted by atomic mass is 16.8. The van der Waals surface area contributed by atoms with Gasteiger partial charge in [0.15, 0.2) is 27.2 Å². The molecule has 0 fully saturated rings. The summed E-state index contributed by atoms with van der Waals surface area (Å²) < 4.78 is 43.9. The number of hydrogen-bond acceptors (Lipinski definition) is 13. The number of benzene rings is 4. The Balaban J connectivity index is 1.12. The second-order valence-electron chi connectivity index (χ2n) is 15.2. The fourth-order valence-corrected chi connectivity index (χ4v) is 6.28. The largest absolute Gasteiger partial charge is 0.497 e. The standard InChI is InChI=1S/C47H65N5O10/c1-48(2)41-17-9-37(10-18-41)29-51(31-39-13-21-44(55-7)22-14-39)46(53)61-35-59-33-57-27-25-43(50(5)6)26-28-58-34-60-36-62-47(54)52(32-40-15-23-45(56-8)24-16-40)30-38-11-19-42(20-12-38)49(3)4/h9-24,43H,25-36H2,1-8H3. The lowest BCUT2D eigenvalue weighted by Gasteiger charge is -2.24. The van der Waals surface area contributed by atoms with E-state index in [2.05, 4.69) is 4.90 Å². The van der Waals surface area contributed by atoms with Crippen molar-refractivity contribution < 1.29 is 47.5 Å². The topological polar surface area (TPSA) is 124 Å². The van der Waals surface area contributed by atoms with Crippen LogP contribution in [0.4, 0.5) is 21.0 Å². The van der Waals surface area contributed by atoms with E-state index in [1.165, 1.54) is 0 Å². The highest BCUT2D eigenvalue weighted by Crippen LogP contribution is 2.20. The lowest BCUT2D eigenvalue weighted by atomic mass is 10.1. The van der Waals surface area contributed by atoms with E-state index in [4.69, 9.17) is 37.9 Å². The van der Waals surface area contributed by atoms with Gasteiger partial charge in [0.05, 0.1) is 27.4 Å². The number of carbonyl (C=O) groups is 2. The van der Waals surface area contributed by atoms with Gasteiger partial charge in [0.1, 0.15) is 11.5 Å². The van der Waals surface area contributed by atoms with Crippen LogP contribution in [0.25, 0.3) is 0 Å². The van der Waals surface area contributed by atoms with Crippen molar-refractivity contribution in [1.82, 2.24) is 14.7 Å². The van der Waals surface area contributed by atoms with Crippen LogP contribution in [0.2, 0.25) is 0 Å². The third kappa shape index (κ3) is 17.4. The Morgan fingerprint density at radius 1 is 0.452 bits per heavy atom. The number of amides is 2. The molecule has 0 N–H and O–H groups in total. The normalized spacial score (nSPS) is 11.1. The SMILES string of the molecule is COc1ccc(CN(Cc2ccc(N(C)C)cc2)C(=O)OCOCOCCC(CCOCOCOC(=O)N(Cc2ccc(OC)cc2)Cc2ccc(N(C)C)cc2)N(C)C)cc1. The lowest BCUT2D eigenvalue weighted by molar-refractivity contribution is -0.120. The van der Waals surface area contributed by atoms with Crippen LogP contribution in [-0.4, -0.2) is 130 Å². The number of nitrogens with zero attached hydrogens (tertiary/aromatic N) is 5. The fraction of sp³-hybridized carbons (Fsp3) is 0.447. The number of ether oxygens (including phenoxy) is 8. The molecule has 0 aliphatic rings. The zero-order valence-corrected chi connectivity index (χ0v) is 37.6. The molecule has 4 rings (SSSR count). The maximum atomic E-state index is 13.2. The molecule has 0 heterocycles. The van der Waals surface area contributed by atoms with E-state index in [9.17, 15) is 9.59 Å². The minimum Gasteiger partial charge on any atom is -0.497 e. The zero-order chi connectivity index (χ0) is 44.7. The summed E-state index contributed by atoms with van der Waals surface area (Å²) >= 11 is 0. The van der Waals surface area contributed by atoms with Crippen LogP contribution in [0.1, 0.15) is 35.1 Å². The van der Waals surface area contributed by atoms with Crippen molar-refractivity contribution in [2.45, 2.75) is 45.1 Å². The first-order valence-electron chi connectivity index (χ1n) is 20.5. The second-order valence-corrected chi connectivity index (χ2v) is 15.2. The van der Waals surface area contributed by atoms with Crippen LogP contribution in [0, 0.1) is 0 Å². The van der Waals surface area contributed by atoms with Gasteiger partial charge >= 0.3 is 12.2 Å². The molecule has 0 bridgehead atoms. The van der Waals surface area contributed by atoms with E-state index in [1.807, 2.05) is 149 Å². The number of anilines is 2. The molecule has 0 saturated heterocycles. The van der Waals surface area contributed by atoms with Crippen LogP contribution < -0.4 is 19.3 Å². The second kappa shape index (κ2) is 26.7. The Morgan fingerprint density at radius 3 is 1.06 bits per heavy atom. The predicted molar refractivity (Wildman–Crippen MR) is 239 cm³/mol. The van der Waals surface area contributed by atoms with Crippen LogP contribution in [-0.2, 0) is 54.6 Å². The van der Waals surface area contributed by atoms with Crippen molar-refractivity contribution in [2.75, 3.05) is 107 Å². The van der Waals surface area contributed by atoms with Gasteiger partial charge in [-0.15, -0.1) is 0 Å². The minimum atomic E-state index is -0.499. The van der Waals surface area contributed by atoms with E-state index in [-0.39, 0.29) is 33.2 Å². The molecule has 4 aromatic rings. The third-order valence-electron chi connectivity index (χ3n) is 10.0. The van der Waals surface area contributed by atoms with E-state index in [1.54, 1.807) is 24.0 Å². The summed E-state index contributed by atoms with van der Waals surface area (Å²) in [7, 11) is 15.2. The molecule has 0 radical (unpaired) electrons. The Hall–Kier alpha value is -5.58. The molecule has 0 unspecified atom stereocenters. The smallest absolute Gasteiger partial charge is 0.412 e. The van der Waals surface area contributed by atoms with Crippen molar-refractivity contribution in [1.29, 1.82) is 0 Å². The van der Waals surface area contributed by atoms with Gasteiger partial charge in [-0.2, -0.15) is 0 Å². The Labute approximate surface area is 367 Å². The molecule has 0 saturated carbocycles. The summed E-state index contributed by atoms with van der Waals surface area (Å²) in [5.74, 6) is 1.48. The summed E-state index contributed by atoms with van der Waals surface area (Å²) in [5.41, 5.74) is 5.97. The van der Waals surface area contributed by atoms with Crippen molar-refractivity contribution in [3.63, 3.8) is 0 Å². The molecule has 15 heteroatoms. The number of methoxy groups -OCH3 is 2. The average Bonchev–Trinajstić information content (AvgIpc) is 3.27. The van der Waals surface area contributed by atoms with Crippen LogP contribution >= 0.6 is 0 Å². The van der Waals surface area contributed by atoms with Crippen molar-refractivity contribution in [3.05, 3.63) is 119 Å². The Kier molecular flexibility index (Phi) is 21.1. The summed E-state index contributed by atoms with van der Waals surface area (Å²) in [6.45, 7) is 1.75. The van der Waals surface area contributed by atoms with E-state index in [0.29, 0.717) is 39.4 Å². The zero-order valence-electron chi connectivity index (χ0n) is 37.6.